The molecule has 24 heavy (non-hydrogen) atoms. The van der Waals surface area contributed by atoms with Crippen LogP contribution in [0.2, 0.25) is 0 Å². The molecule has 0 heterocycles. The van der Waals surface area contributed by atoms with Crippen molar-refractivity contribution in [1.82, 2.24) is 5.32 Å². The van der Waals surface area contributed by atoms with Gasteiger partial charge in [-0.25, -0.2) is 0 Å². The van der Waals surface area contributed by atoms with Gasteiger partial charge in [-0.2, -0.15) is 0 Å². The molecule has 2 N–H and O–H groups in total. The van der Waals surface area contributed by atoms with Crippen molar-refractivity contribution in [2.24, 2.45) is 5.92 Å². The molecule has 1 fully saturated rings. The van der Waals surface area contributed by atoms with Gasteiger partial charge in [0.25, 0.3) is 5.91 Å². The van der Waals surface area contributed by atoms with Crippen molar-refractivity contribution in [2.45, 2.75) is 45.2 Å². The number of amides is 1. The minimum Gasteiger partial charge on any atom is -0.493 e. The number of hydrogen-bond donors (Lipinski definition) is 2. The maximum atomic E-state index is 12.3. The quantitative estimate of drug-likeness (QED) is 0.792. The van der Waals surface area contributed by atoms with E-state index in [0.717, 1.165) is 28.4 Å². The predicted octanol–water partition coefficient (Wildman–Crippen LogP) is 1.41. The molecule has 0 saturated heterocycles. The van der Waals surface area contributed by atoms with Gasteiger partial charge in [0.15, 0.2) is 18.0 Å². The molecule has 0 spiro atoms. The third kappa shape index (κ3) is 4.87. The van der Waals surface area contributed by atoms with Crippen molar-refractivity contribution in [3.05, 3.63) is 23.8 Å². The van der Waals surface area contributed by atoms with Gasteiger partial charge in [0, 0.05) is 6.04 Å². The molecule has 134 valence electrons. The Bertz CT molecular complexity index is 547. The topological polar surface area (TPSA) is 52.0 Å². The highest BCUT2D eigenvalue weighted by Crippen LogP contribution is 2.30. The number of benzene rings is 1. The van der Waals surface area contributed by atoms with Crippen LogP contribution in [0, 0.1) is 5.92 Å². The average Bonchev–Trinajstić information content (AvgIpc) is 2.56. The number of quaternary nitrogens is 1. The number of carbonyl (C=O) groups is 1. The highest BCUT2D eigenvalue weighted by atomic mass is 16.5. The molecule has 1 amide bonds. The van der Waals surface area contributed by atoms with Crippen LogP contribution in [0.4, 0.5) is 0 Å². The molecule has 0 aliphatic heterocycles. The zero-order valence-electron chi connectivity index (χ0n) is 15.4. The van der Waals surface area contributed by atoms with Gasteiger partial charge in [-0.1, -0.05) is 25.8 Å². The first-order chi connectivity index (χ1) is 11.5. The molecule has 1 unspecified atom stereocenters. The molecule has 0 aromatic heterocycles. The Hall–Kier alpha value is -1.75. The highest BCUT2D eigenvalue weighted by molar-refractivity contribution is 5.77. The van der Waals surface area contributed by atoms with Crippen LogP contribution in [-0.2, 0) is 11.3 Å². The molecule has 1 aromatic rings. The molecular weight excluding hydrogens is 304 g/mol. The van der Waals surface area contributed by atoms with E-state index in [1.165, 1.54) is 19.3 Å². The second kappa shape index (κ2) is 8.92. The van der Waals surface area contributed by atoms with Crippen LogP contribution in [0.1, 0.15) is 38.2 Å². The van der Waals surface area contributed by atoms with Crippen molar-refractivity contribution < 1.29 is 19.2 Å². The molecule has 2 rings (SSSR count). The summed E-state index contributed by atoms with van der Waals surface area (Å²) in [6, 6.07) is 6.19. The summed E-state index contributed by atoms with van der Waals surface area (Å²) < 4.78 is 10.8. The molecule has 5 nitrogen and oxygen atoms in total. The zero-order valence-corrected chi connectivity index (χ0v) is 15.4. The summed E-state index contributed by atoms with van der Waals surface area (Å²) in [6.45, 7) is 3.42. The van der Waals surface area contributed by atoms with E-state index in [4.69, 9.17) is 9.47 Å². The fourth-order valence-electron chi connectivity index (χ4n) is 3.54. The van der Waals surface area contributed by atoms with Gasteiger partial charge in [0.1, 0.15) is 6.54 Å². The number of carbonyl (C=O) groups excluding carboxylic acids is 1. The van der Waals surface area contributed by atoms with E-state index in [1.54, 1.807) is 14.2 Å². The van der Waals surface area contributed by atoms with Crippen molar-refractivity contribution in [1.29, 1.82) is 0 Å². The van der Waals surface area contributed by atoms with E-state index < -0.39 is 0 Å². The summed E-state index contributed by atoms with van der Waals surface area (Å²) in [4.78, 5) is 13.5. The number of para-hydroxylation sites is 1. The van der Waals surface area contributed by atoms with Gasteiger partial charge < -0.3 is 19.7 Å². The second-order valence-electron chi connectivity index (χ2n) is 6.90. The summed E-state index contributed by atoms with van der Waals surface area (Å²) in [5.74, 6) is 2.19. The van der Waals surface area contributed by atoms with Crippen LogP contribution in [0.15, 0.2) is 18.2 Å². The highest BCUT2D eigenvalue weighted by Gasteiger charge is 2.24. The lowest BCUT2D eigenvalue weighted by molar-refractivity contribution is -0.885. The average molecular weight is 335 g/mol. The smallest absolute Gasteiger partial charge is 0.275 e. The normalized spacial score (nSPS) is 21.8. The van der Waals surface area contributed by atoms with E-state index in [0.29, 0.717) is 25.0 Å². The first kappa shape index (κ1) is 18.6. The number of hydrogen-bond acceptors (Lipinski definition) is 3. The second-order valence-corrected chi connectivity index (χ2v) is 6.90. The van der Waals surface area contributed by atoms with E-state index in [1.807, 2.05) is 25.2 Å². The Labute approximate surface area is 145 Å². The van der Waals surface area contributed by atoms with Gasteiger partial charge in [-0.05, 0) is 30.9 Å². The fourth-order valence-corrected chi connectivity index (χ4v) is 3.54. The van der Waals surface area contributed by atoms with Crippen LogP contribution in [-0.4, -0.2) is 39.8 Å². The lowest BCUT2D eigenvalue weighted by Crippen LogP contribution is -3.09. The van der Waals surface area contributed by atoms with E-state index in [2.05, 4.69) is 12.2 Å². The summed E-state index contributed by atoms with van der Waals surface area (Å²) in [7, 11) is 5.31. The van der Waals surface area contributed by atoms with Crippen molar-refractivity contribution in [3.63, 3.8) is 0 Å². The van der Waals surface area contributed by atoms with Crippen molar-refractivity contribution >= 4 is 5.91 Å². The predicted molar refractivity (Wildman–Crippen MR) is 94.6 cm³/mol. The van der Waals surface area contributed by atoms with E-state index in [9.17, 15) is 4.79 Å². The maximum Gasteiger partial charge on any atom is 0.275 e. The molecule has 0 radical (unpaired) electrons. The van der Waals surface area contributed by atoms with Crippen LogP contribution >= 0.6 is 0 Å². The van der Waals surface area contributed by atoms with Crippen LogP contribution in [0.3, 0.4) is 0 Å². The molecule has 1 aliphatic rings. The van der Waals surface area contributed by atoms with Gasteiger partial charge in [-0.3, -0.25) is 4.79 Å². The van der Waals surface area contributed by atoms with Crippen molar-refractivity contribution in [3.8, 4) is 11.5 Å². The van der Waals surface area contributed by atoms with Crippen molar-refractivity contribution in [2.75, 3.05) is 27.8 Å². The van der Waals surface area contributed by atoms with Crippen LogP contribution in [0.25, 0.3) is 0 Å². The minimum atomic E-state index is 0.133. The SMILES string of the molecule is COc1cccc(C[NH+](C)CC(=O)N[C@@H]2CCCC[C@H]2C)c1OC. The Morgan fingerprint density at radius 3 is 2.67 bits per heavy atom. The molecule has 3 atom stereocenters. The molecule has 1 aromatic carbocycles. The Morgan fingerprint density at radius 2 is 2.00 bits per heavy atom. The van der Waals surface area contributed by atoms with Gasteiger partial charge in [-0.15, -0.1) is 0 Å². The number of likely N-dealkylation sites (N-methyl/N-ethyl adjacent to an activating group) is 1. The zero-order chi connectivity index (χ0) is 17.5. The maximum absolute atomic E-state index is 12.3. The lowest BCUT2D eigenvalue weighted by atomic mass is 9.86. The van der Waals surface area contributed by atoms with E-state index in [-0.39, 0.29) is 5.91 Å². The van der Waals surface area contributed by atoms with E-state index >= 15 is 0 Å². The lowest BCUT2D eigenvalue weighted by Gasteiger charge is -2.29. The molecule has 5 heteroatoms. The summed E-state index contributed by atoms with van der Waals surface area (Å²) >= 11 is 0. The summed E-state index contributed by atoms with van der Waals surface area (Å²) in [5, 5.41) is 3.22. The molecule has 1 aliphatic carbocycles. The number of rotatable bonds is 7. The van der Waals surface area contributed by atoms with Crippen LogP contribution < -0.4 is 19.7 Å². The molecule has 1 saturated carbocycles. The Balaban J connectivity index is 1.91. The van der Waals surface area contributed by atoms with Gasteiger partial charge in [0.05, 0.1) is 26.8 Å². The minimum absolute atomic E-state index is 0.133. The molecular formula is C19H31N2O3+. The largest absolute Gasteiger partial charge is 0.493 e. The summed E-state index contributed by atoms with van der Waals surface area (Å²) in [6.07, 6.45) is 4.83. The first-order valence-electron chi connectivity index (χ1n) is 8.85. The fraction of sp³-hybridized carbons (Fsp3) is 0.632. The van der Waals surface area contributed by atoms with Gasteiger partial charge >= 0.3 is 0 Å². The van der Waals surface area contributed by atoms with Gasteiger partial charge in [0.2, 0.25) is 0 Å². The number of ether oxygens (including phenoxy) is 2. The first-order valence-corrected chi connectivity index (χ1v) is 8.85. The Morgan fingerprint density at radius 1 is 1.25 bits per heavy atom. The monoisotopic (exact) mass is 335 g/mol. The summed E-state index contributed by atoms with van der Waals surface area (Å²) in [5.41, 5.74) is 1.05. The molecule has 0 bridgehead atoms. The standard InChI is InChI=1S/C19H30N2O3/c1-14-8-5-6-10-16(14)20-18(22)13-21(2)12-15-9-7-11-17(23-3)19(15)24-4/h7,9,11,14,16H,5-6,8,10,12-13H2,1-4H3,(H,20,22)/p+1/t14-,16-/m1/s1. The van der Waals surface area contributed by atoms with Crippen LogP contribution in [0.5, 0.6) is 11.5 Å². The third-order valence-electron chi connectivity index (χ3n) is 4.90. The number of methoxy groups -OCH3 is 2. The third-order valence-corrected chi connectivity index (χ3v) is 4.90. The number of nitrogens with one attached hydrogen (secondary N) is 2. The Kier molecular flexibility index (Phi) is 6.91.